The van der Waals surface area contributed by atoms with Gasteiger partial charge in [0.2, 0.25) is 17.7 Å². The van der Waals surface area contributed by atoms with Crippen molar-refractivity contribution in [3.8, 4) is 11.5 Å². The molecule has 1 saturated heterocycles. The third-order valence-corrected chi connectivity index (χ3v) is 8.96. The Bertz CT molecular complexity index is 1430. The highest BCUT2D eigenvalue weighted by Gasteiger charge is 2.67. The van der Waals surface area contributed by atoms with Crippen LogP contribution in [-0.4, -0.2) is 28.7 Å². The summed E-state index contributed by atoms with van der Waals surface area (Å²) < 4.78 is 5.91. The summed E-state index contributed by atoms with van der Waals surface area (Å²) >= 11 is 0. The lowest BCUT2D eigenvalue weighted by molar-refractivity contribution is -0.146. The molecule has 0 radical (unpaired) electrons. The molecule has 196 valence electrons. The SMILES string of the molecule is Cc1ccc(Oc2ccc(NC(=O)[C@@H](Cc3ccccc3)N3C(=O)[C@@H]4[C@@H]5C=C[C@H]([C@H]6C[C@@H]56)[C@@H]4C3=O)cc2)cc1. The summed E-state index contributed by atoms with van der Waals surface area (Å²) in [5, 5.41) is 2.96. The third kappa shape index (κ3) is 4.15. The Balaban J connectivity index is 1.12. The Morgan fingerprint density at radius 3 is 2.00 bits per heavy atom. The van der Waals surface area contributed by atoms with Crippen LogP contribution >= 0.6 is 0 Å². The van der Waals surface area contributed by atoms with Crippen molar-refractivity contribution >= 4 is 23.4 Å². The van der Waals surface area contributed by atoms with Gasteiger partial charge in [0, 0.05) is 12.1 Å². The predicted molar refractivity (Wildman–Crippen MR) is 147 cm³/mol. The number of likely N-dealkylation sites (tertiary alicyclic amines) is 1. The molecule has 3 fully saturated rings. The second-order valence-corrected chi connectivity index (χ2v) is 11.3. The molecule has 6 heteroatoms. The first-order valence-corrected chi connectivity index (χ1v) is 13.7. The van der Waals surface area contributed by atoms with Gasteiger partial charge in [0.15, 0.2) is 0 Å². The number of rotatable bonds is 7. The Labute approximate surface area is 227 Å². The monoisotopic (exact) mass is 518 g/mol. The summed E-state index contributed by atoms with van der Waals surface area (Å²) in [5.74, 6) is 1.24. The van der Waals surface area contributed by atoms with Crippen molar-refractivity contribution in [3.63, 3.8) is 0 Å². The highest BCUT2D eigenvalue weighted by molar-refractivity contribution is 6.10. The number of hydrogen-bond donors (Lipinski definition) is 1. The molecule has 2 bridgehead atoms. The normalized spacial score (nSPS) is 28.6. The molecule has 0 unspecified atom stereocenters. The molecule has 3 aromatic rings. The second kappa shape index (κ2) is 9.23. The van der Waals surface area contributed by atoms with Crippen molar-refractivity contribution in [3.05, 3.63) is 102 Å². The molecule has 8 rings (SSSR count). The molecule has 39 heavy (non-hydrogen) atoms. The van der Waals surface area contributed by atoms with E-state index >= 15 is 0 Å². The summed E-state index contributed by atoms with van der Waals surface area (Å²) in [4.78, 5) is 42.7. The molecule has 3 aromatic carbocycles. The smallest absolute Gasteiger partial charge is 0.248 e. The van der Waals surface area contributed by atoms with E-state index in [-0.39, 0.29) is 47.8 Å². The van der Waals surface area contributed by atoms with Gasteiger partial charge in [-0.1, -0.05) is 60.2 Å². The average molecular weight is 519 g/mol. The van der Waals surface area contributed by atoms with Gasteiger partial charge in [-0.2, -0.15) is 0 Å². The third-order valence-electron chi connectivity index (χ3n) is 8.96. The number of benzene rings is 3. The van der Waals surface area contributed by atoms with Crippen LogP contribution in [0, 0.1) is 42.4 Å². The minimum Gasteiger partial charge on any atom is -0.457 e. The molecular formula is C33H30N2O4. The zero-order valence-corrected chi connectivity index (χ0v) is 21.7. The first-order valence-electron chi connectivity index (χ1n) is 13.7. The number of amides is 3. The van der Waals surface area contributed by atoms with Crippen LogP contribution in [0.3, 0.4) is 0 Å². The van der Waals surface area contributed by atoms with Crippen LogP contribution in [0.4, 0.5) is 5.69 Å². The zero-order chi connectivity index (χ0) is 26.7. The molecule has 4 aliphatic carbocycles. The highest BCUT2D eigenvalue weighted by atomic mass is 16.5. The minimum atomic E-state index is -0.919. The lowest BCUT2D eigenvalue weighted by Gasteiger charge is -2.37. The lowest BCUT2D eigenvalue weighted by atomic mass is 9.63. The van der Waals surface area contributed by atoms with E-state index in [1.165, 1.54) is 4.90 Å². The van der Waals surface area contributed by atoms with Gasteiger partial charge in [-0.15, -0.1) is 0 Å². The highest BCUT2D eigenvalue weighted by Crippen LogP contribution is 2.65. The fourth-order valence-corrected chi connectivity index (χ4v) is 7.00. The van der Waals surface area contributed by atoms with Gasteiger partial charge in [0.25, 0.3) is 0 Å². The van der Waals surface area contributed by atoms with Gasteiger partial charge < -0.3 is 10.1 Å². The van der Waals surface area contributed by atoms with Crippen molar-refractivity contribution in [2.75, 3.05) is 5.32 Å². The number of allylic oxidation sites excluding steroid dienone is 2. The second-order valence-electron chi connectivity index (χ2n) is 11.3. The van der Waals surface area contributed by atoms with Crippen molar-refractivity contribution in [1.82, 2.24) is 4.90 Å². The number of nitrogens with one attached hydrogen (secondary N) is 1. The summed E-state index contributed by atoms with van der Waals surface area (Å²) in [6.45, 7) is 2.02. The maximum atomic E-state index is 13.8. The number of ether oxygens (including phenoxy) is 1. The topological polar surface area (TPSA) is 75.7 Å². The molecule has 2 saturated carbocycles. The Morgan fingerprint density at radius 2 is 1.41 bits per heavy atom. The quantitative estimate of drug-likeness (QED) is 0.336. The van der Waals surface area contributed by atoms with E-state index in [4.69, 9.17) is 4.74 Å². The average Bonchev–Trinajstić information content (AvgIpc) is 3.73. The van der Waals surface area contributed by atoms with Crippen LogP contribution in [0.25, 0.3) is 0 Å². The molecule has 1 aliphatic heterocycles. The minimum absolute atomic E-state index is 0.118. The van der Waals surface area contributed by atoms with Gasteiger partial charge in [-0.05, 0) is 79.0 Å². The van der Waals surface area contributed by atoms with Crippen LogP contribution < -0.4 is 10.1 Å². The predicted octanol–water partition coefficient (Wildman–Crippen LogP) is 5.39. The van der Waals surface area contributed by atoms with Crippen molar-refractivity contribution in [2.24, 2.45) is 35.5 Å². The Hall–Kier alpha value is -4.19. The van der Waals surface area contributed by atoms with E-state index in [1.807, 2.05) is 61.5 Å². The van der Waals surface area contributed by atoms with Crippen molar-refractivity contribution in [2.45, 2.75) is 25.8 Å². The summed E-state index contributed by atoms with van der Waals surface area (Å²) in [6, 6.07) is 23.6. The van der Waals surface area contributed by atoms with Gasteiger partial charge in [0.05, 0.1) is 11.8 Å². The van der Waals surface area contributed by atoms with E-state index in [9.17, 15) is 14.4 Å². The van der Waals surface area contributed by atoms with Gasteiger partial charge >= 0.3 is 0 Å². The molecule has 6 nitrogen and oxygen atoms in total. The molecule has 0 aromatic heterocycles. The van der Waals surface area contributed by atoms with Crippen LogP contribution in [0.5, 0.6) is 11.5 Å². The van der Waals surface area contributed by atoms with E-state index in [2.05, 4.69) is 17.5 Å². The van der Waals surface area contributed by atoms with E-state index in [1.54, 1.807) is 24.3 Å². The number of carbonyl (C=O) groups excluding carboxylic acids is 3. The summed E-state index contributed by atoms with van der Waals surface area (Å²) in [7, 11) is 0. The Morgan fingerprint density at radius 1 is 0.846 bits per heavy atom. The number of imide groups is 1. The van der Waals surface area contributed by atoms with E-state index in [0.717, 1.165) is 23.3 Å². The molecule has 7 atom stereocenters. The first kappa shape index (κ1) is 23.9. The fraction of sp³-hybridized carbons (Fsp3) is 0.303. The van der Waals surface area contributed by atoms with Crippen molar-refractivity contribution < 1.29 is 19.1 Å². The number of aryl methyl sites for hydroxylation is 1. The van der Waals surface area contributed by atoms with Gasteiger partial charge in [0.1, 0.15) is 17.5 Å². The number of nitrogens with zero attached hydrogens (tertiary/aromatic N) is 1. The van der Waals surface area contributed by atoms with Crippen LogP contribution in [0.15, 0.2) is 91.0 Å². The molecule has 1 heterocycles. The van der Waals surface area contributed by atoms with Crippen LogP contribution in [0.1, 0.15) is 17.5 Å². The van der Waals surface area contributed by atoms with Crippen LogP contribution in [0.2, 0.25) is 0 Å². The number of hydrogen-bond acceptors (Lipinski definition) is 4. The summed E-state index contributed by atoms with van der Waals surface area (Å²) in [6.07, 6.45) is 5.68. The van der Waals surface area contributed by atoms with Crippen LogP contribution in [-0.2, 0) is 20.8 Å². The van der Waals surface area contributed by atoms with Crippen molar-refractivity contribution in [1.29, 1.82) is 0 Å². The molecular weight excluding hydrogens is 488 g/mol. The standard InChI is InChI=1S/C33H30N2O4/c1-19-7-11-22(12-8-19)39-23-13-9-21(10-14-23)34-31(36)28(17-20-5-3-2-4-6-20)35-32(37)29-24-15-16-25(27-18-26(24)27)30(29)33(35)38/h2-16,24-30H,17-18H2,1H3,(H,34,36)/t24-,25-,26-,27+,28-,29+,30-/m1/s1. The molecule has 1 N–H and O–H groups in total. The molecule has 3 amide bonds. The number of anilines is 1. The van der Waals surface area contributed by atoms with Gasteiger partial charge in [-0.25, -0.2) is 0 Å². The molecule has 0 spiro atoms. The maximum Gasteiger partial charge on any atom is 0.248 e. The largest absolute Gasteiger partial charge is 0.457 e. The zero-order valence-electron chi connectivity index (χ0n) is 21.7. The van der Waals surface area contributed by atoms with Gasteiger partial charge in [-0.3, -0.25) is 19.3 Å². The number of carbonyl (C=O) groups is 3. The summed E-state index contributed by atoms with van der Waals surface area (Å²) in [5.41, 5.74) is 2.63. The van der Waals surface area contributed by atoms with E-state index in [0.29, 0.717) is 23.3 Å². The first-order chi connectivity index (χ1) is 19.0. The Kier molecular flexibility index (Phi) is 5.65. The molecule has 5 aliphatic rings. The lowest BCUT2D eigenvalue weighted by Crippen LogP contribution is -2.49. The maximum absolute atomic E-state index is 13.8. The van der Waals surface area contributed by atoms with E-state index < -0.39 is 6.04 Å². The fourth-order valence-electron chi connectivity index (χ4n) is 7.00.